The number of hydrogen-bond donors (Lipinski definition) is 1. The number of primary amides is 1. The van der Waals surface area contributed by atoms with Crippen molar-refractivity contribution in [1.29, 1.82) is 0 Å². The van der Waals surface area contributed by atoms with Gasteiger partial charge >= 0.3 is 0 Å². The molecule has 0 spiro atoms. The zero-order chi connectivity index (χ0) is 16.7. The van der Waals surface area contributed by atoms with Crippen LogP contribution in [0.2, 0.25) is 5.02 Å². The molecule has 0 saturated carbocycles. The van der Waals surface area contributed by atoms with Crippen molar-refractivity contribution in [3.63, 3.8) is 0 Å². The van der Waals surface area contributed by atoms with Gasteiger partial charge in [-0.2, -0.15) is 0 Å². The summed E-state index contributed by atoms with van der Waals surface area (Å²) in [6, 6.07) is 21.5. The normalized spacial score (nSPS) is 11.2. The van der Waals surface area contributed by atoms with E-state index in [1.807, 2.05) is 48.5 Å². The summed E-state index contributed by atoms with van der Waals surface area (Å²) in [7, 11) is 0. The molecule has 2 N–H and O–H groups in total. The molecule has 4 aromatic rings. The maximum atomic E-state index is 11.9. The van der Waals surface area contributed by atoms with Crippen molar-refractivity contribution in [2.75, 3.05) is 0 Å². The molecule has 3 aromatic carbocycles. The van der Waals surface area contributed by atoms with E-state index in [4.69, 9.17) is 17.3 Å². The molecule has 1 aromatic heterocycles. The SMILES string of the molecule is NC(=O)c1cccc2c1c1cccc(Cl)c1n2Cc1ccccc1. The van der Waals surface area contributed by atoms with Gasteiger partial charge in [0.15, 0.2) is 0 Å². The maximum Gasteiger partial charge on any atom is 0.249 e. The number of carbonyl (C=O) groups excluding carboxylic acids is 1. The van der Waals surface area contributed by atoms with Crippen molar-refractivity contribution >= 4 is 39.3 Å². The van der Waals surface area contributed by atoms with Crippen molar-refractivity contribution in [3.05, 3.63) is 82.9 Å². The Labute approximate surface area is 144 Å². The van der Waals surface area contributed by atoms with Crippen LogP contribution < -0.4 is 5.73 Å². The van der Waals surface area contributed by atoms with E-state index < -0.39 is 5.91 Å². The van der Waals surface area contributed by atoms with Gasteiger partial charge in [0.25, 0.3) is 0 Å². The van der Waals surface area contributed by atoms with Gasteiger partial charge in [0.2, 0.25) is 5.91 Å². The maximum absolute atomic E-state index is 11.9. The first-order valence-electron chi connectivity index (χ1n) is 7.70. The number of rotatable bonds is 3. The summed E-state index contributed by atoms with van der Waals surface area (Å²) < 4.78 is 2.15. The predicted molar refractivity (Wildman–Crippen MR) is 98.5 cm³/mol. The molecule has 0 unspecified atom stereocenters. The zero-order valence-electron chi connectivity index (χ0n) is 12.9. The van der Waals surface area contributed by atoms with Crippen molar-refractivity contribution in [2.24, 2.45) is 5.73 Å². The Morgan fingerprint density at radius 2 is 1.71 bits per heavy atom. The Morgan fingerprint density at radius 3 is 2.46 bits per heavy atom. The minimum atomic E-state index is -0.431. The quantitative estimate of drug-likeness (QED) is 0.585. The Morgan fingerprint density at radius 1 is 0.958 bits per heavy atom. The summed E-state index contributed by atoms with van der Waals surface area (Å²) in [4.78, 5) is 11.9. The van der Waals surface area contributed by atoms with Crippen LogP contribution in [0.5, 0.6) is 0 Å². The fraction of sp³-hybridized carbons (Fsp3) is 0.0500. The van der Waals surface area contributed by atoms with E-state index in [1.165, 1.54) is 5.56 Å². The van der Waals surface area contributed by atoms with Gasteiger partial charge in [-0.1, -0.05) is 60.1 Å². The third-order valence-electron chi connectivity index (χ3n) is 4.31. The molecule has 0 aliphatic heterocycles. The predicted octanol–water partition coefficient (Wildman–Crippen LogP) is 4.60. The number of carbonyl (C=O) groups is 1. The van der Waals surface area contributed by atoms with Gasteiger partial charge in [-0.3, -0.25) is 4.79 Å². The molecule has 0 fully saturated rings. The zero-order valence-corrected chi connectivity index (χ0v) is 13.6. The topological polar surface area (TPSA) is 48.0 Å². The first-order valence-corrected chi connectivity index (χ1v) is 8.08. The molecule has 4 rings (SSSR count). The molecule has 3 nitrogen and oxygen atoms in total. The highest BCUT2D eigenvalue weighted by atomic mass is 35.5. The molecule has 4 heteroatoms. The monoisotopic (exact) mass is 334 g/mol. The van der Waals surface area contributed by atoms with Gasteiger partial charge < -0.3 is 10.3 Å². The summed E-state index contributed by atoms with van der Waals surface area (Å²) in [6.45, 7) is 0.673. The Balaban J connectivity index is 2.10. The van der Waals surface area contributed by atoms with Crippen LogP contribution in [-0.4, -0.2) is 10.5 Å². The third kappa shape index (κ3) is 2.25. The standard InChI is InChI=1S/C20H15ClN2O/c21-16-10-4-8-14-18-15(20(22)24)9-5-11-17(18)23(19(14)16)12-13-6-2-1-3-7-13/h1-11H,12H2,(H2,22,24). The van der Waals surface area contributed by atoms with E-state index in [9.17, 15) is 4.79 Å². The van der Waals surface area contributed by atoms with Crippen molar-refractivity contribution in [2.45, 2.75) is 6.54 Å². The molecule has 0 aliphatic carbocycles. The molecular weight excluding hydrogens is 320 g/mol. The lowest BCUT2D eigenvalue weighted by molar-refractivity contribution is 0.100. The van der Waals surface area contributed by atoms with E-state index in [0.29, 0.717) is 17.1 Å². The second-order valence-corrected chi connectivity index (χ2v) is 6.18. The van der Waals surface area contributed by atoms with E-state index in [1.54, 1.807) is 6.07 Å². The second-order valence-electron chi connectivity index (χ2n) is 5.77. The van der Waals surface area contributed by atoms with Gasteiger partial charge in [-0.05, 0) is 23.8 Å². The van der Waals surface area contributed by atoms with Crippen LogP contribution in [0.25, 0.3) is 21.8 Å². The number of fused-ring (bicyclic) bond motifs is 3. The largest absolute Gasteiger partial charge is 0.366 e. The minimum Gasteiger partial charge on any atom is -0.366 e. The minimum absolute atomic E-state index is 0.431. The number of benzene rings is 3. The van der Waals surface area contributed by atoms with Gasteiger partial charge in [-0.25, -0.2) is 0 Å². The summed E-state index contributed by atoms with van der Waals surface area (Å²) in [5.41, 5.74) is 9.16. The number of nitrogens with two attached hydrogens (primary N) is 1. The smallest absolute Gasteiger partial charge is 0.249 e. The fourth-order valence-corrected chi connectivity index (χ4v) is 3.57. The van der Waals surface area contributed by atoms with Crippen molar-refractivity contribution < 1.29 is 4.79 Å². The lowest BCUT2D eigenvalue weighted by Gasteiger charge is -2.09. The van der Waals surface area contributed by atoms with Crippen LogP contribution in [0.4, 0.5) is 0 Å². The number of nitrogens with zero attached hydrogens (tertiary/aromatic N) is 1. The Hall–Kier alpha value is -2.78. The van der Waals surface area contributed by atoms with Gasteiger partial charge in [-0.15, -0.1) is 0 Å². The lowest BCUT2D eigenvalue weighted by Crippen LogP contribution is -2.11. The molecule has 1 heterocycles. The van der Waals surface area contributed by atoms with Gasteiger partial charge in [0.1, 0.15) is 0 Å². The molecule has 118 valence electrons. The lowest BCUT2D eigenvalue weighted by atomic mass is 10.1. The summed E-state index contributed by atoms with van der Waals surface area (Å²) in [5, 5.41) is 2.47. The van der Waals surface area contributed by atoms with E-state index in [0.717, 1.165) is 21.8 Å². The van der Waals surface area contributed by atoms with Crippen LogP contribution >= 0.6 is 11.6 Å². The third-order valence-corrected chi connectivity index (χ3v) is 4.61. The first kappa shape index (κ1) is 14.8. The summed E-state index contributed by atoms with van der Waals surface area (Å²) >= 11 is 6.49. The molecule has 0 saturated heterocycles. The van der Waals surface area contributed by atoms with Gasteiger partial charge in [0.05, 0.1) is 16.1 Å². The van der Waals surface area contributed by atoms with E-state index >= 15 is 0 Å². The molecule has 24 heavy (non-hydrogen) atoms. The van der Waals surface area contributed by atoms with E-state index in [2.05, 4.69) is 16.7 Å². The molecule has 0 atom stereocenters. The molecule has 0 aliphatic rings. The van der Waals surface area contributed by atoms with Crippen molar-refractivity contribution in [1.82, 2.24) is 4.57 Å². The van der Waals surface area contributed by atoms with Crippen LogP contribution in [-0.2, 0) is 6.54 Å². The Bertz CT molecular complexity index is 1070. The molecule has 0 radical (unpaired) electrons. The highest BCUT2D eigenvalue weighted by molar-refractivity contribution is 6.37. The summed E-state index contributed by atoms with van der Waals surface area (Å²) in [6.07, 6.45) is 0. The first-order chi connectivity index (χ1) is 11.7. The van der Waals surface area contributed by atoms with Gasteiger partial charge in [0, 0.05) is 22.9 Å². The Kier molecular flexibility index (Phi) is 3.51. The molecule has 1 amide bonds. The molecule has 0 bridgehead atoms. The number of hydrogen-bond acceptors (Lipinski definition) is 1. The number of halogens is 1. The number of amides is 1. The number of aromatic nitrogens is 1. The molecular formula is C20H15ClN2O. The van der Waals surface area contributed by atoms with Crippen LogP contribution in [0.3, 0.4) is 0 Å². The average Bonchev–Trinajstić information content (AvgIpc) is 2.91. The van der Waals surface area contributed by atoms with Crippen LogP contribution in [0.15, 0.2) is 66.7 Å². The average molecular weight is 335 g/mol. The highest BCUT2D eigenvalue weighted by Gasteiger charge is 2.17. The second kappa shape index (κ2) is 5.69. The van der Waals surface area contributed by atoms with Crippen molar-refractivity contribution in [3.8, 4) is 0 Å². The fourth-order valence-electron chi connectivity index (χ4n) is 3.30. The van der Waals surface area contributed by atoms with Crippen LogP contribution in [0, 0.1) is 0 Å². The van der Waals surface area contributed by atoms with Crippen LogP contribution in [0.1, 0.15) is 15.9 Å². The summed E-state index contributed by atoms with van der Waals surface area (Å²) in [5.74, 6) is -0.431. The van der Waals surface area contributed by atoms with E-state index in [-0.39, 0.29) is 0 Å². The number of para-hydroxylation sites is 1. The highest BCUT2D eigenvalue weighted by Crippen LogP contribution is 2.35.